The molecule has 0 aliphatic heterocycles. The number of amides is 3. The summed E-state index contributed by atoms with van der Waals surface area (Å²) in [4.78, 5) is 52.9. The van der Waals surface area contributed by atoms with Crippen molar-refractivity contribution in [3.8, 4) is 11.5 Å². The van der Waals surface area contributed by atoms with Gasteiger partial charge >= 0.3 is 5.97 Å². The van der Waals surface area contributed by atoms with Crippen LogP contribution in [0.25, 0.3) is 6.08 Å². The normalized spacial score (nSPS) is 11.5. The Balaban J connectivity index is 1.41. The third-order valence-corrected chi connectivity index (χ3v) is 8.92. The fourth-order valence-electron chi connectivity index (χ4n) is 5.02. The van der Waals surface area contributed by atoms with Gasteiger partial charge in [0, 0.05) is 21.8 Å². The molecule has 0 aliphatic carbocycles. The highest BCUT2D eigenvalue weighted by molar-refractivity contribution is 8.00. The summed E-state index contributed by atoms with van der Waals surface area (Å²) in [7, 11) is 3.03. The summed E-state index contributed by atoms with van der Waals surface area (Å²) in [6, 6.07) is 34.4. The van der Waals surface area contributed by atoms with Crippen LogP contribution in [0.5, 0.6) is 11.5 Å². The van der Waals surface area contributed by atoms with Gasteiger partial charge in [0.1, 0.15) is 10.9 Å². The average Bonchev–Trinajstić information content (AvgIpc) is 3.15. The van der Waals surface area contributed by atoms with Crippen LogP contribution in [0.3, 0.4) is 0 Å². The van der Waals surface area contributed by atoms with Crippen LogP contribution in [0.1, 0.15) is 42.7 Å². The average molecular weight is 702 g/mol. The maximum Gasteiger partial charge on any atom is 0.335 e. The van der Waals surface area contributed by atoms with Crippen molar-refractivity contribution < 1.29 is 33.8 Å². The lowest BCUT2D eigenvalue weighted by atomic mass is 10.1. The number of carboxylic acids is 1. The fraction of sp³-hybridized carbons (Fsp3) is 0.100. The topological polar surface area (TPSA) is 143 Å². The Hall–Kier alpha value is -6.33. The summed E-state index contributed by atoms with van der Waals surface area (Å²) >= 11 is 1.26. The number of aryl methyl sites for hydroxylation is 1. The number of carboxylic acid groups (broad SMARTS) is 1. The molecule has 1 atom stereocenters. The van der Waals surface area contributed by atoms with Crippen LogP contribution in [0.15, 0.2) is 132 Å². The van der Waals surface area contributed by atoms with Crippen LogP contribution in [-0.4, -0.2) is 43.0 Å². The van der Waals surface area contributed by atoms with E-state index in [9.17, 15) is 24.3 Å². The second-order valence-corrected chi connectivity index (χ2v) is 12.4. The first kappa shape index (κ1) is 36.0. The van der Waals surface area contributed by atoms with Crippen molar-refractivity contribution in [1.82, 2.24) is 5.32 Å². The van der Waals surface area contributed by atoms with Crippen molar-refractivity contribution in [3.63, 3.8) is 0 Å². The van der Waals surface area contributed by atoms with E-state index >= 15 is 0 Å². The van der Waals surface area contributed by atoms with Gasteiger partial charge in [-0.1, -0.05) is 66.7 Å². The van der Waals surface area contributed by atoms with Gasteiger partial charge in [-0.25, -0.2) is 4.79 Å². The molecule has 0 aliphatic rings. The number of methoxy groups -OCH3 is 2. The molecule has 51 heavy (non-hydrogen) atoms. The number of aromatic carboxylic acids is 1. The van der Waals surface area contributed by atoms with E-state index in [4.69, 9.17) is 9.47 Å². The van der Waals surface area contributed by atoms with E-state index in [1.165, 1.54) is 44.2 Å². The highest BCUT2D eigenvalue weighted by Crippen LogP contribution is 2.37. The lowest BCUT2D eigenvalue weighted by Gasteiger charge is -2.19. The molecule has 258 valence electrons. The zero-order valence-electron chi connectivity index (χ0n) is 28.0. The molecule has 5 aromatic carbocycles. The van der Waals surface area contributed by atoms with Crippen LogP contribution < -0.4 is 25.4 Å². The minimum absolute atomic E-state index is 0.0189. The molecule has 5 rings (SSSR count). The van der Waals surface area contributed by atoms with Crippen LogP contribution in [0.4, 0.5) is 11.4 Å². The lowest BCUT2D eigenvalue weighted by molar-refractivity contribution is -0.116. The SMILES string of the molecule is COc1ccc(/C=C(/NC(=O)c2ccccc2)C(=O)Nc2cccc(SC(C(=O)Nc3cc(C(=O)O)ccc3C)c3ccccc3)c2)cc1OC. The van der Waals surface area contributed by atoms with E-state index < -0.39 is 23.0 Å². The number of hydrogen-bond donors (Lipinski definition) is 4. The summed E-state index contributed by atoms with van der Waals surface area (Å²) in [5.41, 5.74) is 3.25. The number of hydrogen-bond acceptors (Lipinski definition) is 7. The molecule has 0 saturated heterocycles. The maximum atomic E-state index is 13.8. The van der Waals surface area contributed by atoms with Crippen LogP contribution in [0.2, 0.25) is 0 Å². The monoisotopic (exact) mass is 701 g/mol. The van der Waals surface area contributed by atoms with Gasteiger partial charge in [0.05, 0.1) is 19.8 Å². The molecule has 0 fully saturated rings. The molecule has 5 aromatic rings. The van der Waals surface area contributed by atoms with Crippen molar-refractivity contribution in [2.75, 3.05) is 24.9 Å². The van der Waals surface area contributed by atoms with E-state index in [1.807, 2.05) is 36.4 Å². The second kappa shape index (κ2) is 16.9. The number of ether oxygens (including phenoxy) is 2. The van der Waals surface area contributed by atoms with E-state index in [1.54, 1.807) is 79.7 Å². The second-order valence-electron chi connectivity index (χ2n) is 11.2. The van der Waals surface area contributed by atoms with E-state index in [0.717, 1.165) is 5.56 Å². The molecule has 0 radical (unpaired) electrons. The van der Waals surface area contributed by atoms with Gasteiger partial charge in [-0.2, -0.15) is 0 Å². The molecule has 1 unspecified atom stereocenters. The Kier molecular flexibility index (Phi) is 11.9. The Bertz CT molecular complexity index is 2090. The van der Waals surface area contributed by atoms with E-state index in [-0.39, 0.29) is 17.2 Å². The first-order valence-electron chi connectivity index (χ1n) is 15.7. The van der Waals surface area contributed by atoms with Gasteiger partial charge in [-0.3, -0.25) is 14.4 Å². The number of anilines is 2. The zero-order valence-corrected chi connectivity index (χ0v) is 28.8. The summed E-state index contributed by atoms with van der Waals surface area (Å²) in [5, 5.41) is 17.2. The van der Waals surface area contributed by atoms with Gasteiger partial charge in [0.2, 0.25) is 5.91 Å². The quantitative estimate of drug-likeness (QED) is 0.0727. The van der Waals surface area contributed by atoms with Crippen molar-refractivity contribution in [3.05, 3.63) is 155 Å². The predicted octanol–water partition coefficient (Wildman–Crippen LogP) is 7.59. The molecule has 11 heteroatoms. The molecule has 0 aromatic heterocycles. The minimum atomic E-state index is -1.10. The highest BCUT2D eigenvalue weighted by atomic mass is 32.2. The molecule has 3 amide bonds. The molecule has 10 nitrogen and oxygen atoms in total. The van der Waals surface area contributed by atoms with Crippen molar-refractivity contribution >= 4 is 52.9 Å². The molecule has 0 heterocycles. The first-order valence-corrected chi connectivity index (χ1v) is 16.6. The van der Waals surface area contributed by atoms with Crippen molar-refractivity contribution in [2.45, 2.75) is 17.1 Å². The van der Waals surface area contributed by atoms with Crippen LogP contribution in [0, 0.1) is 6.92 Å². The van der Waals surface area contributed by atoms with Crippen LogP contribution >= 0.6 is 11.8 Å². The third-order valence-electron chi connectivity index (χ3n) is 7.68. The first-order chi connectivity index (χ1) is 24.6. The zero-order chi connectivity index (χ0) is 36.3. The molecular weight excluding hydrogens is 667 g/mol. The molecule has 0 bridgehead atoms. The fourth-order valence-corrected chi connectivity index (χ4v) is 6.11. The van der Waals surface area contributed by atoms with Gasteiger partial charge in [0.25, 0.3) is 11.8 Å². The van der Waals surface area contributed by atoms with E-state index in [0.29, 0.717) is 44.5 Å². The summed E-state index contributed by atoms with van der Waals surface area (Å²) in [5.74, 6) is -1.54. The Morgan fingerprint density at radius 1 is 0.725 bits per heavy atom. The molecule has 0 saturated carbocycles. The van der Waals surface area contributed by atoms with E-state index in [2.05, 4.69) is 16.0 Å². The third kappa shape index (κ3) is 9.43. The molecule has 0 spiro atoms. The van der Waals surface area contributed by atoms with Crippen LogP contribution in [-0.2, 0) is 9.59 Å². The standard InChI is InChI=1S/C40H35N3O7S/c1-25-17-19-29(40(47)48)23-32(25)42-39(46)36(27-11-6-4-7-12-27)51-31-16-10-15-30(24-31)41-38(45)33(43-37(44)28-13-8-5-9-14-28)21-26-18-20-34(49-2)35(22-26)50-3/h4-24,36H,1-3H3,(H,41,45)(H,42,46)(H,43,44)(H,47,48)/b33-21+. The minimum Gasteiger partial charge on any atom is -0.493 e. The van der Waals surface area contributed by atoms with Gasteiger partial charge in [-0.05, 0) is 84.3 Å². The molecule has 4 N–H and O–H groups in total. The Morgan fingerprint density at radius 2 is 1.43 bits per heavy atom. The van der Waals surface area contributed by atoms with Gasteiger partial charge in [0.15, 0.2) is 11.5 Å². The summed E-state index contributed by atoms with van der Waals surface area (Å²) < 4.78 is 10.7. The number of carbonyl (C=O) groups excluding carboxylic acids is 3. The maximum absolute atomic E-state index is 13.8. The Morgan fingerprint density at radius 3 is 2.12 bits per heavy atom. The number of rotatable bonds is 13. The number of benzene rings is 5. The predicted molar refractivity (Wildman–Crippen MR) is 198 cm³/mol. The number of carbonyl (C=O) groups is 4. The number of nitrogens with one attached hydrogen (secondary N) is 3. The summed E-state index contributed by atoms with van der Waals surface area (Å²) in [6.07, 6.45) is 1.54. The smallest absolute Gasteiger partial charge is 0.335 e. The van der Waals surface area contributed by atoms with Crippen molar-refractivity contribution in [2.24, 2.45) is 0 Å². The Labute approximate surface area is 299 Å². The van der Waals surface area contributed by atoms with Gasteiger partial charge in [-0.15, -0.1) is 11.8 Å². The van der Waals surface area contributed by atoms with Gasteiger partial charge < -0.3 is 30.5 Å². The van der Waals surface area contributed by atoms with Crippen molar-refractivity contribution in [1.29, 1.82) is 0 Å². The largest absolute Gasteiger partial charge is 0.493 e. The summed E-state index contributed by atoms with van der Waals surface area (Å²) in [6.45, 7) is 1.79. The molecular formula is C40H35N3O7S. The highest BCUT2D eigenvalue weighted by Gasteiger charge is 2.24. The lowest BCUT2D eigenvalue weighted by Crippen LogP contribution is -2.30. The number of thioether (sulfide) groups is 1.